The van der Waals surface area contributed by atoms with Gasteiger partial charge in [-0.3, -0.25) is 0 Å². The first-order valence-electron chi connectivity index (χ1n) is 4.65. The van der Waals surface area contributed by atoms with E-state index in [4.69, 9.17) is 0 Å². The summed E-state index contributed by atoms with van der Waals surface area (Å²) in [4.78, 5) is 10.7. The first-order chi connectivity index (χ1) is 5.44. The Balaban J connectivity index is 0. The Kier molecular flexibility index (Phi) is 8.00. The van der Waals surface area contributed by atoms with Gasteiger partial charge in [-0.05, 0) is 12.3 Å². The summed E-state index contributed by atoms with van der Waals surface area (Å²) in [6.45, 7) is 7.67. The molecule has 0 spiro atoms. The van der Waals surface area contributed by atoms with E-state index in [-0.39, 0.29) is 22.4 Å². The molecule has 0 aromatic carbocycles. The third-order valence-corrected chi connectivity index (χ3v) is 2.51. The van der Waals surface area contributed by atoms with Crippen LogP contribution in [0, 0.1) is 11.3 Å². The van der Waals surface area contributed by atoms with E-state index in [0.717, 1.165) is 19.3 Å². The van der Waals surface area contributed by atoms with Crippen molar-refractivity contribution in [3.63, 3.8) is 0 Å². The molecule has 0 saturated heterocycles. The van der Waals surface area contributed by atoms with Gasteiger partial charge >= 0.3 is 22.4 Å². The molecule has 0 heterocycles. The van der Waals surface area contributed by atoms with Crippen LogP contribution in [-0.4, -0.2) is 5.97 Å². The van der Waals surface area contributed by atoms with Crippen LogP contribution in [0.1, 0.15) is 47.0 Å². The Bertz CT molecular complexity index is 151. The second-order valence-electron chi connectivity index (χ2n) is 4.06. The average molecular weight is 279 g/mol. The Labute approximate surface area is 96.6 Å². The SMILES string of the molecule is CCC(CC)CC(C)(C)C(=O)[O-].[Ag+]. The fraction of sp³-hybridized carbons (Fsp3) is 0.900. The van der Waals surface area contributed by atoms with E-state index in [2.05, 4.69) is 13.8 Å². The zero-order chi connectivity index (χ0) is 9.78. The first kappa shape index (κ1) is 15.7. The van der Waals surface area contributed by atoms with Gasteiger partial charge < -0.3 is 9.90 Å². The van der Waals surface area contributed by atoms with Crippen molar-refractivity contribution in [2.24, 2.45) is 11.3 Å². The molecule has 0 aromatic heterocycles. The van der Waals surface area contributed by atoms with Crippen molar-refractivity contribution in [2.75, 3.05) is 0 Å². The van der Waals surface area contributed by atoms with Gasteiger partial charge in [0.1, 0.15) is 0 Å². The number of rotatable bonds is 5. The number of hydrogen-bond acceptors (Lipinski definition) is 2. The van der Waals surface area contributed by atoms with Crippen LogP contribution >= 0.6 is 0 Å². The maximum Gasteiger partial charge on any atom is 1.00 e. The molecule has 0 aromatic rings. The normalized spacial score (nSPS) is 11.2. The van der Waals surface area contributed by atoms with Crippen LogP contribution in [0.25, 0.3) is 0 Å². The minimum absolute atomic E-state index is 0. The quantitative estimate of drug-likeness (QED) is 0.717. The predicted molar refractivity (Wildman–Crippen MR) is 47.5 cm³/mol. The fourth-order valence-corrected chi connectivity index (χ4v) is 1.38. The summed E-state index contributed by atoms with van der Waals surface area (Å²) in [6, 6.07) is 0. The number of carboxylic acids is 1. The molecule has 0 aliphatic carbocycles. The van der Waals surface area contributed by atoms with E-state index < -0.39 is 11.4 Å². The number of hydrogen-bond donors (Lipinski definition) is 0. The Morgan fingerprint density at radius 2 is 1.69 bits per heavy atom. The molecular weight excluding hydrogens is 260 g/mol. The third kappa shape index (κ3) is 5.50. The molecule has 13 heavy (non-hydrogen) atoms. The topological polar surface area (TPSA) is 40.1 Å². The molecule has 0 bridgehead atoms. The summed E-state index contributed by atoms with van der Waals surface area (Å²) in [5.74, 6) is -0.424. The van der Waals surface area contributed by atoms with Gasteiger partial charge in [0.2, 0.25) is 0 Å². The Hall–Kier alpha value is 0.210. The molecule has 0 radical (unpaired) electrons. The van der Waals surface area contributed by atoms with E-state index in [9.17, 15) is 9.90 Å². The van der Waals surface area contributed by atoms with Crippen molar-refractivity contribution >= 4 is 5.97 Å². The molecule has 0 aliphatic heterocycles. The summed E-state index contributed by atoms with van der Waals surface area (Å²) < 4.78 is 0. The number of carbonyl (C=O) groups is 1. The minimum atomic E-state index is -0.936. The molecule has 0 N–H and O–H groups in total. The molecule has 0 amide bonds. The van der Waals surface area contributed by atoms with Crippen LogP contribution in [0.5, 0.6) is 0 Å². The van der Waals surface area contributed by atoms with Gasteiger partial charge in [0.25, 0.3) is 0 Å². The van der Waals surface area contributed by atoms with Crippen molar-refractivity contribution in [1.82, 2.24) is 0 Å². The largest absolute Gasteiger partial charge is 1.00 e. The van der Waals surface area contributed by atoms with Crippen molar-refractivity contribution in [3.8, 4) is 0 Å². The summed E-state index contributed by atoms with van der Waals surface area (Å²) >= 11 is 0. The number of carbonyl (C=O) groups excluding carboxylic acids is 1. The summed E-state index contributed by atoms with van der Waals surface area (Å²) in [5, 5.41) is 10.7. The molecule has 2 nitrogen and oxygen atoms in total. The van der Waals surface area contributed by atoms with Gasteiger partial charge in [0.05, 0.1) is 0 Å². The average Bonchev–Trinajstić information content (AvgIpc) is 2.00. The molecule has 0 saturated carbocycles. The molecule has 3 heteroatoms. The fourth-order valence-electron chi connectivity index (χ4n) is 1.38. The van der Waals surface area contributed by atoms with Gasteiger partial charge in [-0.15, -0.1) is 0 Å². The van der Waals surface area contributed by atoms with Crippen LogP contribution in [0.15, 0.2) is 0 Å². The molecule has 0 unspecified atom stereocenters. The van der Waals surface area contributed by atoms with Gasteiger partial charge in [-0.2, -0.15) is 0 Å². The predicted octanol–water partition coefficient (Wildman–Crippen LogP) is 1.59. The molecule has 0 rings (SSSR count). The van der Waals surface area contributed by atoms with Crippen LogP contribution in [0.2, 0.25) is 0 Å². The summed E-state index contributed by atoms with van der Waals surface area (Å²) in [5.41, 5.74) is -0.670. The van der Waals surface area contributed by atoms with E-state index in [1.807, 2.05) is 0 Å². The second kappa shape index (κ2) is 6.63. The molecule has 0 fully saturated rings. The monoisotopic (exact) mass is 278 g/mol. The van der Waals surface area contributed by atoms with E-state index >= 15 is 0 Å². The van der Waals surface area contributed by atoms with Crippen molar-refractivity contribution in [2.45, 2.75) is 47.0 Å². The van der Waals surface area contributed by atoms with Gasteiger partial charge in [-0.25, -0.2) is 0 Å². The van der Waals surface area contributed by atoms with Gasteiger partial charge in [-0.1, -0.05) is 40.5 Å². The summed E-state index contributed by atoms with van der Waals surface area (Å²) in [7, 11) is 0. The van der Waals surface area contributed by atoms with E-state index in [1.165, 1.54) is 0 Å². The second-order valence-corrected chi connectivity index (χ2v) is 4.06. The van der Waals surface area contributed by atoms with E-state index in [0.29, 0.717) is 5.92 Å². The minimum Gasteiger partial charge on any atom is -0.550 e. The maximum atomic E-state index is 10.7. The first-order valence-corrected chi connectivity index (χ1v) is 4.65. The van der Waals surface area contributed by atoms with E-state index in [1.54, 1.807) is 13.8 Å². The van der Waals surface area contributed by atoms with Crippen molar-refractivity contribution < 1.29 is 32.3 Å². The zero-order valence-electron chi connectivity index (χ0n) is 8.82. The Morgan fingerprint density at radius 1 is 1.31 bits per heavy atom. The summed E-state index contributed by atoms with van der Waals surface area (Å²) in [6.07, 6.45) is 2.82. The van der Waals surface area contributed by atoms with Gasteiger partial charge in [0, 0.05) is 11.4 Å². The molecule has 82 valence electrons. The smallest absolute Gasteiger partial charge is 0.550 e. The standard InChI is InChI=1S/C10H20O2.Ag/c1-5-8(6-2)7-10(3,4)9(11)12;/h8H,5-7H2,1-4H3,(H,11,12);/q;+1/p-1. The zero-order valence-corrected chi connectivity index (χ0v) is 10.3. The maximum absolute atomic E-state index is 10.7. The van der Waals surface area contributed by atoms with Crippen LogP contribution in [-0.2, 0) is 27.2 Å². The van der Waals surface area contributed by atoms with Gasteiger partial charge in [0.15, 0.2) is 0 Å². The van der Waals surface area contributed by atoms with Crippen molar-refractivity contribution in [1.29, 1.82) is 0 Å². The van der Waals surface area contributed by atoms with Crippen LogP contribution in [0.3, 0.4) is 0 Å². The molecule has 0 atom stereocenters. The van der Waals surface area contributed by atoms with Crippen LogP contribution < -0.4 is 5.11 Å². The Morgan fingerprint density at radius 3 is 1.92 bits per heavy atom. The number of carboxylic acid groups (broad SMARTS) is 1. The molecule has 0 aliphatic rings. The molecular formula is C10H19AgO2. The van der Waals surface area contributed by atoms with Crippen molar-refractivity contribution in [3.05, 3.63) is 0 Å². The van der Waals surface area contributed by atoms with Crippen LogP contribution in [0.4, 0.5) is 0 Å². The number of aliphatic carboxylic acids is 1. The third-order valence-electron chi connectivity index (χ3n) is 2.51.